The van der Waals surface area contributed by atoms with E-state index in [2.05, 4.69) is 0 Å². The van der Waals surface area contributed by atoms with E-state index in [1.54, 1.807) is 24.3 Å². The van der Waals surface area contributed by atoms with Gasteiger partial charge in [0, 0.05) is 17.0 Å². The van der Waals surface area contributed by atoms with Crippen LogP contribution in [0.2, 0.25) is 0 Å². The molecule has 0 radical (unpaired) electrons. The molecule has 1 aliphatic heterocycles. The number of esters is 1. The van der Waals surface area contributed by atoms with Crippen LogP contribution in [0, 0.1) is 15.9 Å². The van der Waals surface area contributed by atoms with Gasteiger partial charge in [-0.15, -0.1) is 11.8 Å². The number of carbonyl (C=O) groups excluding carboxylic acids is 1. The maximum atomic E-state index is 13.0. The summed E-state index contributed by atoms with van der Waals surface area (Å²) in [7, 11) is 0. The van der Waals surface area contributed by atoms with Gasteiger partial charge in [-0.05, 0) is 29.8 Å². The van der Waals surface area contributed by atoms with Gasteiger partial charge in [0.1, 0.15) is 11.9 Å². The van der Waals surface area contributed by atoms with Gasteiger partial charge in [-0.3, -0.25) is 14.9 Å². The largest absolute Gasteiger partial charge is 0.456 e. The van der Waals surface area contributed by atoms with Crippen LogP contribution in [0.3, 0.4) is 0 Å². The van der Waals surface area contributed by atoms with Gasteiger partial charge in [-0.25, -0.2) is 4.39 Å². The van der Waals surface area contributed by atoms with Crippen LogP contribution in [0.4, 0.5) is 10.1 Å². The summed E-state index contributed by atoms with van der Waals surface area (Å²) in [6.45, 7) is 0. The van der Waals surface area contributed by atoms with Gasteiger partial charge in [0.2, 0.25) is 0 Å². The first-order valence-electron chi connectivity index (χ1n) is 6.89. The average Bonchev–Trinajstić information content (AvgIpc) is 2.89. The fourth-order valence-corrected chi connectivity index (χ4v) is 3.60. The van der Waals surface area contributed by atoms with Gasteiger partial charge >= 0.3 is 5.97 Å². The second kappa shape index (κ2) is 6.37. The number of hydrogen-bond donors (Lipinski definition) is 0. The molecule has 1 saturated heterocycles. The fourth-order valence-electron chi connectivity index (χ4n) is 2.40. The molecule has 0 spiro atoms. The lowest BCUT2D eigenvalue weighted by Crippen LogP contribution is -2.09. The van der Waals surface area contributed by atoms with Crippen molar-refractivity contribution in [1.29, 1.82) is 0 Å². The predicted octanol–water partition coefficient (Wildman–Crippen LogP) is 3.88. The highest BCUT2D eigenvalue weighted by Crippen LogP contribution is 2.41. The Balaban J connectivity index is 1.78. The van der Waals surface area contributed by atoms with Crippen LogP contribution in [0.1, 0.15) is 18.1 Å². The zero-order chi connectivity index (χ0) is 16.4. The van der Waals surface area contributed by atoms with Crippen LogP contribution in [0.25, 0.3) is 0 Å². The number of thioether (sulfide) groups is 1. The third-order valence-electron chi connectivity index (χ3n) is 3.50. The van der Waals surface area contributed by atoms with Crippen LogP contribution in [0.5, 0.6) is 0 Å². The Kier molecular flexibility index (Phi) is 4.29. The SMILES string of the molecule is O=C1CC(Sc2ccc([N+](=O)[O-])cc2)C(c2ccc(F)cc2)O1. The number of carbonyl (C=O) groups is 1. The topological polar surface area (TPSA) is 69.4 Å². The molecule has 2 aromatic carbocycles. The molecule has 7 heteroatoms. The molecule has 1 heterocycles. The quantitative estimate of drug-likeness (QED) is 0.482. The van der Waals surface area contributed by atoms with Gasteiger partial charge in [0.25, 0.3) is 5.69 Å². The summed E-state index contributed by atoms with van der Waals surface area (Å²) in [5, 5.41) is 10.5. The minimum Gasteiger partial charge on any atom is -0.456 e. The Morgan fingerprint density at radius 3 is 2.39 bits per heavy atom. The number of cyclic esters (lactones) is 1. The smallest absolute Gasteiger partial charge is 0.307 e. The standard InChI is InChI=1S/C16H12FNO4S/c17-11-3-1-10(2-4-11)16-14(9-15(19)22-16)23-13-7-5-12(6-8-13)18(20)21/h1-8,14,16H,9H2. The molecule has 2 atom stereocenters. The third kappa shape index (κ3) is 3.50. The van der Waals surface area contributed by atoms with Gasteiger partial charge in [0.05, 0.1) is 16.6 Å². The molecular weight excluding hydrogens is 321 g/mol. The number of nitro benzene ring substituents is 1. The molecule has 2 unspecified atom stereocenters. The minimum absolute atomic E-state index is 0.0168. The van der Waals surface area contributed by atoms with Crippen molar-refractivity contribution in [3.8, 4) is 0 Å². The van der Waals surface area contributed by atoms with E-state index in [0.29, 0.717) is 0 Å². The third-order valence-corrected chi connectivity index (χ3v) is 4.76. The van der Waals surface area contributed by atoms with Crippen molar-refractivity contribution in [1.82, 2.24) is 0 Å². The maximum absolute atomic E-state index is 13.0. The number of benzene rings is 2. The van der Waals surface area contributed by atoms with Crippen LogP contribution in [-0.2, 0) is 9.53 Å². The molecule has 0 N–H and O–H groups in total. The Bertz CT molecular complexity index is 733. The molecular formula is C16H12FNO4S. The second-order valence-corrected chi connectivity index (χ2v) is 6.39. The zero-order valence-electron chi connectivity index (χ0n) is 11.8. The first-order valence-corrected chi connectivity index (χ1v) is 7.77. The molecule has 1 fully saturated rings. The lowest BCUT2D eigenvalue weighted by atomic mass is 10.1. The summed E-state index contributed by atoms with van der Waals surface area (Å²) >= 11 is 1.42. The number of ether oxygens (including phenoxy) is 1. The molecule has 0 aliphatic carbocycles. The van der Waals surface area contributed by atoms with E-state index in [1.807, 2.05) is 0 Å². The molecule has 0 bridgehead atoms. The lowest BCUT2D eigenvalue weighted by molar-refractivity contribution is -0.384. The fraction of sp³-hybridized carbons (Fsp3) is 0.188. The zero-order valence-corrected chi connectivity index (χ0v) is 12.7. The van der Waals surface area contributed by atoms with Crippen molar-refractivity contribution in [2.45, 2.75) is 22.7 Å². The van der Waals surface area contributed by atoms with E-state index >= 15 is 0 Å². The molecule has 118 valence electrons. The van der Waals surface area contributed by atoms with Crippen molar-refractivity contribution in [2.24, 2.45) is 0 Å². The van der Waals surface area contributed by atoms with E-state index in [1.165, 1.54) is 36.0 Å². The highest BCUT2D eigenvalue weighted by Gasteiger charge is 2.36. The Morgan fingerprint density at radius 1 is 1.13 bits per heavy atom. The number of hydrogen-bond acceptors (Lipinski definition) is 5. The normalized spacial score (nSPS) is 20.3. The van der Waals surface area contributed by atoms with Crippen molar-refractivity contribution in [3.05, 3.63) is 70.0 Å². The predicted molar refractivity (Wildman–Crippen MR) is 82.6 cm³/mol. The van der Waals surface area contributed by atoms with Crippen LogP contribution in [0.15, 0.2) is 53.4 Å². The van der Waals surface area contributed by atoms with Crippen molar-refractivity contribution >= 4 is 23.4 Å². The first kappa shape index (κ1) is 15.5. The molecule has 0 saturated carbocycles. The van der Waals surface area contributed by atoms with Gasteiger partial charge in [-0.1, -0.05) is 12.1 Å². The van der Waals surface area contributed by atoms with Crippen LogP contribution in [-0.4, -0.2) is 16.1 Å². The summed E-state index contributed by atoms with van der Waals surface area (Å²) in [6, 6.07) is 12.0. The number of nitro groups is 1. The first-order chi connectivity index (χ1) is 11.0. The van der Waals surface area contributed by atoms with Crippen LogP contribution < -0.4 is 0 Å². The van der Waals surface area contributed by atoms with E-state index < -0.39 is 11.0 Å². The Morgan fingerprint density at radius 2 is 1.78 bits per heavy atom. The van der Waals surface area contributed by atoms with Gasteiger partial charge in [0.15, 0.2) is 0 Å². The summed E-state index contributed by atoms with van der Waals surface area (Å²) in [5.74, 6) is -0.656. The van der Waals surface area contributed by atoms with Crippen molar-refractivity contribution in [2.75, 3.05) is 0 Å². The maximum Gasteiger partial charge on any atom is 0.307 e. The molecule has 3 rings (SSSR count). The molecule has 2 aromatic rings. The highest BCUT2D eigenvalue weighted by molar-refractivity contribution is 8.00. The van der Waals surface area contributed by atoms with Crippen LogP contribution >= 0.6 is 11.8 Å². The summed E-state index contributed by atoms with van der Waals surface area (Å²) in [5.41, 5.74) is 0.750. The number of nitrogens with zero attached hydrogens (tertiary/aromatic N) is 1. The van der Waals surface area contributed by atoms with E-state index in [-0.39, 0.29) is 29.1 Å². The molecule has 0 aromatic heterocycles. The van der Waals surface area contributed by atoms with Gasteiger partial charge in [-0.2, -0.15) is 0 Å². The van der Waals surface area contributed by atoms with E-state index in [0.717, 1.165) is 10.5 Å². The minimum atomic E-state index is -0.460. The molecule has 23 heavy (non-hydrogen) atoms. The Hall–Kier alpha value is -2.41. The summed E-state index contributed by atoms with van der Waals surface area (Å²) in [4.78, 5) is 22.7. The Labute approximate surface area is 135 Å². The lowest BCUT2D eigenvalue weighted by Gasteiger charge is -2.17. The van der Waals surface area contributed by atoms with Crippen molar-refractivity contribution < 1.29 is 18.8 Å². The average molecular weight is 333 g/mol. The van der Waals surface area contributed by atoms with E-state index in [4.69, 9.17) is 4.74 Å². The molecule has 0 amide bonds. The summed E-state index contributed by atoms with van der Waals surface area (Å²) < 4.78 is 18.4. The highest BCUT2D eigenvalue weighted by atomic mass is 32.2. The van der Waals surface area contributed by atoms with Gasteiger partial charge < -0.3 is 4.74 Å². The number of rotatable bonds is 4. The second-order valence-electron chi connectivity index (χ2n) is 5.07. The monoisotopic (exact) mass is 333 g/mol. The summed E-state index contributed by atoms with van der Waals surface area (Å²) in [6.07, 6.45) is -0.216. The molecule has 5 nitrogen and oxygen atoms in total. The number of non-ortho nitro benzene ring substituents is 1. The van der Waals surface area contributed by atoms with E-state index in [9.17, 15) is 19.3 Å². The number of halogens is 1. The molecule has 1 aliphatic rings. The van der Waals surface area contributed by atoms with Crippen molar-refractivity contribution in [3.63, 3.8) is 0 Å².